The van der Waals surface area contributed by atoms with Gasteiger partial charge in [0, 0.05) is 32.2 Å². The molecule has 1 aromatic carbocycles. The summed E-state index contributed by atoms with van der Waals surface area (Å²) in [4.78, 5) is 43.9. The Morgan fingerprint density at radius 3 is 2.67 bits per heavy atom. The van der Waals surface area contributed by atoms with E-state index in [-0.39, 0.29) is 36.0 Å². The second-order valence-corrected chi connectivity index (χ2v) is 12.9. The van der Waals surface area contributed by atoms with Crippen molar-refractivity contribution in [3.05, 3.63) is 62.5 Å². The number of fused-ring (bicyclic) bond motifs is 3. The van der Waals surface area contributed by atoms with Crippen molar-refractivity contribution in [3.63, 3.8) is 0 Å². The fourth-order valence-electron chi connectivity index (χ4n) is 6.94. The van der Waals surface area contributed by atoms with Gasteiger partial charge in [-0.25, -0.2) is 0 Å². The van der Waals surface area contributed by atoms with E-state index in [9.17, 15) is 19.5 Å². The quantitative estimate of drug-likeness (QED) is 0.115. The average Bonchev–Trinajstić information content (AvgIpc) is 3.55. The zero-order valence-electron chi connectivity index (χ0n) is 25.5. The van der Waals surface area contributed by atoms with Gasteiger partial charge in [0.25, 0.3) is 0 Å². The summed E-state index contributed by atoms with van der Waals surface area (Å²) < 4.78 is 18.0. The molecule has 2 N–H and O–H groups in total. The number of methoxy groups -OCH3 is 2. The molecule has 10 nitrogen and oxygen atoms in total. The number of nitrogens with zero attached hydrogens (tertiary/aromatic N) is 2. The van der Waals surface area contributed by atoms with E-state index < -0.39 is 17.8 Å². The molecule has 240 valence electrons. The minimum absolute atomic E-state index is 0.0846. The maximum absolute atomic E-state index is 13.6. The highest BCUT2D eigenvalue weighted by Crippen LogP contribution is 2.50. The second-order valence-electron chi connectivity index (χ2n) is 11.8. The molecular formula is C34H39IN2O8. The number of aromatic hydroxyl groups is 1. The fourth-order valence-corrected chi connectivity index (χ4v) is 7.56. The first kappa shape index (κ1) is 33.1. The number of pyridine rings is 1. The first-order valence-corrected chi connectivity index (χ1v) is 16.4. The van der Waals surface area contributed by atoms with Gasteiger partial charge in [0.15, 0.2) is 11.5 Å². The van der Waals surface area contributed by atoms with Crippen LogP contribution in [0.5, 0.6) is 11.5 Å². The summed E-state index contributed by atoms with van der Waals surface area (Å²) in [6.45, 7) is 1.06. The molecule has 1 aromatic heterocycles. The Labute approximate surface area is 276 Å². The maximum Gasteiger partial charge on any atom is 0.303 e. The van der Waals surface area contributed by atoms with Gasteiger partial charge in [0.05, 0.1) is 47.5 Å². The number of carboxylic acids is 1. The Hall–Kier alpha value is -3.29. The molecule has 2 amide bonds. The second kappa shape index (κ2) is 14.9. The predicted octanol–water partition coefficient (Wildman–Crippen LogP) is 5.33. The fraction of sp³-hybridized carbons (Fsp3) is 0.471. The zero-order chi connectivity index (χ0) is 32.1. The molecule has 0 saturated carbocycles. The van der Waals surface area contributed by atoms with Crippen molar-refractivity contribution < 1.29 is 38.8 Å². The number of halogens is 1. The van der Waals surface area contributed by atoms with E-state index in [0.29, 0.717) is 67.6 Å². The number of carboxylic acid groups (broad SMARTS) is 1. The molecule has 0 bridgehead atoms. The van der Waals surface area contributed by atoms with Crippen LogP contribution in [0.1, 0.15) is 56.2 Å². The van der Waals surface area contributed by atoms with Crippen LogP contribution in [0.25, 0.3) is 11.6 Å². The smallest absolute Gasteiger partial charge is 0.303 e. The average molecular weight is 731 g/mol. The van der Waals surface area contributed by atoms with Crippen molar-refractivity contribution >= 4 is 52.0 Å². The number of unbranched alkanes of at least 4 members (excludes halogenated alkanes) is 2. The van der Waals surface area contributed by atoms with Crippen molar-refractivity contribution in [2.45, 2.75) is 51.0 Å². The topological polar surface area (TPSA) is 135 Å². The lowest BCUT2D eigenvalue weighted by Gasteiger charge is -2.31. The minimum atomic E-state index is -0.840. The highest BCUT2D eigenvalue weighted by molar-refractivity contribution is 14.1. The normalized spacial score (nSPS) is 23.0. The van der Waals surface area contributed by atoms with E-state index in [4.69, 9.17) is 19.3 Å². The van der Waals surface area contributed by atoms with Gasteiger partial charge in [-0.15, -0.1) is 0 Å². The van der Waals surface area contributed by atoms with Crippen LogP contribution in [0.3, 0.4) is 0 Å². The number of imide groups is 1. The van der Waals surface area contributed by atoms with Crippen molar-refractivity contribution in [1.29, 1.82) is 0 Å². The lowest BCUT2D eigenvalue weighted by Crippen LogP contribution is -2.35. The summed E-state index contributed by atoms with van der Waals surface area (Å²) >= 11 is 2.08. The Morgan fingerprint density at radius 1 is 1.13 bits per heavy atom. The molecule has 0 spiro atoms. The Morgan fingerprint density at radius 2 is 1.96 bits per heavy atom. The van der Waals surface area contributed by atoms with Crippen molar-refractivity contribution in [2.24, 2.45) is 17.8 Å². The molecule has 2 aliphatic heterocycles. The van der Waals surface area contributed by atoms with Crippen LogP contribution in [-0.4, -0.2) is 78.0 Å². The number of carbonyl (C=O) groups excluding carboxylic acids is 2. The first-order chi connectivity index (χ1) is 21.7. The minimum Gasteiger partial charge on any atom is -0.504 e. The van der Waals surface area contributed by atoms with Crippen LogP contribution < -0.4 is 4.74 Å². The van der Waals surface area contributed by atoms with Gasteiger partial charge in [-0.05, 0) is 107 Å². The first-order valence-electron chi connectivity index (χ1n) is 15.3. The van der Waals surface area contributed by atoms with E-state index >= 15 is 0 Å². The number of aromatic nitrogens is 1. The van der Waals surface area contributed by atoms with Crippen molar-refractivity contribution in [1.82, 2.24) is 9.88 Å². The van der Waals surface area contributed by atoms with Gasteiger partial charge in [0.1, 0.15) is 0 Å². The predicted molar refractivity (Wildman–Crippen MR) is 175 cm³/mol. The van der Waals surface area contributed by atoms with Crippen molar-refractivity contribution in [3.8, 4) is 11.5 Å². The number of hydrogen-bond donors (Lipinski definition) is 2. The summed E-state index contributed by atoms with van der Waals surface area (Å²) in [6, 6.07) is 9.47. The number of hydrogen-bond acceptors (Lipinski definition) is 8. The van der Waals surface area contributed by atoms with Crippen LogP contribution in [0.2, 0.25) is 0 Å². The van der Waals surface area contributed by atoms with Crippen molar-refractivity contribution in [2.75, 3.05) is 34.0 Å². The van der Waals surface area contributed by atoms with Gasteiger partial charge < -0.3 is 24.4 Å². The summed E-state index contributed by atoms with van der Waals surface area (Å²) in [7, 11) is 3.16. The molecule has 2 fully saturated rings. The molecule has 5 rings (SSSR count). The number of allylic oxidation sites excluding steroid dienone is 1. The monoisotopic (exact) mass is 730 g/mol. The van der Waals surface area contributed by atoms with Gasteiger partial charge in [-0.3, -0.25) is 24.3 Å². The van der Waals surface area contributed by atoms with E-state index in [2.05, 4.69) is 27.6 Å². The van der Waals surface area contributed by atoms with E-state index in [1.165, 1.54) is 12.0 Å². The molecule has 0 radical (unpaired) electrons. The van der Waals surface area contributed by atoms with Crippen LogP contribution in [0.15, 0.2) is 47.7 Å². The molecule has 4 atom stereocenters. The number of amides is 2. The lowest BCUT2D eigenvalue weighted by atomic mass is 9.69. The van der Waals surface area contributed by atoms with Gasteiger partial charge in [-0.1, -0.05) is 12.5 Å². The number of benzene rings is 1. The number of ether oxygens (including phenoxy) is 3. The highest BCUT2D eigenvalue weighted by Gasteiger charge is 2.56. The Kier molecular flexibility index (Phi) is 10.9. The van der Waals surface area contributed by atoms with Gasteiger partial charge >= 0.3 is 5.97 Å². The van der Waals surface area contributed by atoms with Crippen LogP contribution in [0, 0.1) is 21.3 Å². The molecule has 0 unspecified atom stereocenters. The summed E-state index contributed by atoms with van der Waals surface area (Å²) in [5.74, 6) is -1.68. The molecule has 2 saturated heterocycles. The van der Waals surface area contributed by atoms with Gasteiger partial charge in [-0.2, -0.15) is 0 Å². The molecule has 45 heavy (non-hydrogen) atoms. The third-order valence-corrected chi connectivity index (χ3v) is 9.79. The van der Waals surface area contributed by atoms with E-state index in [1.807, 2.05) is 30.3 Å². The molecule has 1 aliphatic carbocycles. The summed E-state index contributed by atoms with van der Waals surface area (Å²) in [6.07, 6.45) is 7.19. The van der Waals surface area contributed by atoms with Crippen LogP contribution in [-0.2, 0) is 23.9 Å². The molecule has 11 heteroatoms. The number of aliphatic carboxylic acids is 1. The number of rotatable bonds is 14. The Bertz CT molecular complexity index is 1490. The molecule has 3 heterocycles. The zero-order valence-corrected chi connectivity index (χ0v) is 27.7. The molecular weight excluding hydrogens is 691 g/mol. The summed E-state index contributed by atoms with van der Waals surface area (Å²) in [5.41, 5.74) is 4.83. The van der Waals surface area contributed by atoms with E-state index in [1.54, 1.807) is 19.4 Å². The third-order valence-electron chi connectivity index (χ3n) is 8.97. The SMILES string of the molecule is COCC1=C2[C@@H](CC/C(=C/c3cc(I)c(O)c(OC)c3)c3ccccn3)OC[C@@H]2[C@@H]2C(=O)N(CCCCCC(=O)O)C(=O)[C@@H]2C1. The Balaban J connectivity index is 1.36. The van der Waals surface area contributed by atoms with E-state index in [0.717, 1.165) is 28.0 Å². The third kappa shape index (κ3) is 7.25. The number of phenols is 1. The molecule has 2 aromatic rings. The number of likely N-dealkylation sites (tertiary alicyclic amines) is 1. The number of phenolic OH excluding ortho intramolecular Hbond substituents is 1. The highest BCUT2D eigenvalue weighted by atomic mass is 127. The summed E-state index contributed by atoms with van der Waals surface area (Å²) in [5, 5.41) is 19.2. The van der Waals surface area contributed by atoms with Crippen LogP contribution in [0.4, 0.5) is 0 Å². The standard InChI is InChI=1S/C34H39IN2O8/c1-43-18-22-17-23-31(34(42)37(33(23)41)13-7-3-4-9-29(38)39)24-19-45-27(30(22)24)11-10-21(26-8-5-6-12-36-26)14-20-15-25(35)32(40)28(16-20)44-2/h5-6,8,12,14-16,23-24,27,31,40H,3-4,7,9-11,13,17-19H2,1-2H3,(H,38,39)/b21-14-/t23-,24+,27-,31-/m1/s1. The number of carbonyl (C=O) groups is 3. The maximum atomic E-state index is 13.6. The molecule has 3 aliphatic rings. The van der Waals surface area contributed by atoms with Crippen LogP contribution >= 0.6 is 22.6 Å². The largest absolute Gasteiger partial charge is 0.504 e. The van der Waals surface area contributed by atoms with Gasteiger partial charge in [0.2, 0.25) is 11.8 Å². The lowest BCUT2D eigenvalue weighted by molar-refractivity contribution is -0.141.